The summed E-state index contributed by atoms with van der Waals surface area (Å²) in [5.41, 5.74) is 2.62. The maximum absolute atomic E-state index is 12.3. The molecule has 0 bridgehead atoms. The molecule has 134 valence electrons. The van der Waals surface area contributed by atoms with Gasteiger partial charge in [0.25, 0.3) is 5.91 Å². The van der Waals surface area contributed by atoms with Crippen molar-refractivity contribution in [1.82, 2.24) is 4.98 Å². The fourth-order valence-corrected chi connectivity index (χ4v) is 2.57. The van der Waals surface area contributed by atoms with Gasteiger partial charge in [-0.1, -0.05) is 17.7 Å². The highest BCUT2D eigenvalue weighted by Crippen LogP contribution is 2.30. The molecular formula is C20H15ClN4O2. The Bertz CT molecular complexity index is 1010. The van der Waals surface area contributed by atoms with Crippen molar-refractivity contribution in [3.05, 3.63) is 77.1 Å². The van der Waals surface area contributed by atoms with Gasteiger partial charge in [0.1, 0.15) is 11.4 Å². The van der Waals surface area contributed by atoms with Crippen LogP contribution < -0.4 is 15.4 Å². The summed E-state index contributed by atoms with van der Waals surface area (Å²) in [5, 5.41) is 15.4. The van der Waals surface area contributed by atoms with E-state index in [1.54, 1.807) is 67.9 Å². The molecule has 27 heavy (non-hydrogen) atoms. The summed E-state index contributed by atoms with van der Waals surface area (Å²) < 4.78 is 5.29. The summed E-state index contributed by atoms with van der Waals surface area (Å²) in [6.07, 6.45) is 1.54. The SMILES string of the molecule is COc1ccc(Cl)cc1Nc1ccc(C(=O)Nc2cccc(C#N)c2)nc1. The molecule has 3 aromatic rings. The molecule has 0 aliphatic heterocycles. The number of nitrogens with zero attached hydrogens (tertiary/aromatic N) is 2. The molecule has 0 fully saturated rings. The van der Waals surface area contributed by atoms with Crippen LogP contribution in [0.15, 0.2) is 60.8 Å². The second kappa shape index (κ2) is 8.21. The van der Waals surface area contributed by atoms with Crippen LogP contribution in [0.25, 0.3) is 0 Å². The number of benzene rings is 2. The van der Waals surface area contributed by atoms with Crippen molar-refractivity contribution in [3.63, 3.8) is 0 Å². The first kappa shape index (κ1) is 18.2. The third-order valence-corrected chi connectivity index (χ3v) is 3.92. The molecule has 1 amide bonds. The van der Waals surface area contributed by atoms with E-state index in [1.165, 1.54) is 0 Å². The van der Waals surface area contributed by atoms with Gasteiger partial charge in [-0.15, -0.1) is 0 Å². The number of carbonyl (C=O) groups excluding carboxylic acids is 1. The van der Waals surface area contributed by atoms with Crippen LogP contribution in [0.3, 0.4) is 0 Å². The Labute approximate surface area is 161 Å². The number of halogens is 1. The van der Waals surface area contributed by atoms with E-state index in [0.29, 0.717) is 33.4 Å². The van der Waals surface area contributed by atoms with Gasteiger partial charge in [0.05, 0.1) is 36.3 Å². The molecule has 7 heteroatoms. The number of hydrogen-bond acceptors (Lipinski definition) is 5. The van der Waals surface area contributed by atoms with Crippen LogP contribution in [0.1, 0.15) is 16.1 Å². The number of nitrogens with one attached hydrogen (secondary N) is 2. The van der Waals surface area contributed by atoms with Crippen molar-refractivity contribution in [2.45, 2.75) is 0 Å². The van der Waals surface area contributed by atoms with Gasteiger partial charge in [-0.3, -0.25) is 4.79 Å². The number of ether oxygens (including phenoxy) is 1. The summed E-state index contributed by atoms with van der Waals surface area (Å²) in [6, 6.07) is 17.3. The largest absolute Gasteiger partial charge is 0.495 e. The molecule has 0 saturated carbocycles. The molecule has 0 radical (unpaired) electrons. The molecule has 0 atom stereocenters. The molecule has 0 saturated heterocycles. The van der Waals surface area contributed by atoms with Crippen molar-refractivity contribution in [1.29, 1.82) is 5.26 Å². The van der Waals surface area contributed by atoms with Gasteiger partial charge in [-0.25, -0.2) is 4.98 Å². The van der Waals surface area contributed by atoms with Gasteiger partial charge < -0.3 is 15.4 Å². The maximum Gasteiger partial charge on any atom is 0.274 e. The fraction of sp³-hybridized carbons (Fsp3) is 0.0500. The van der Waals surface area contributed by atoms with Gasteiger partial charge >= 0.3 is 0 Å². The second-order valence-electron chi connectivity index (χ2n) is 5.55. The lowest BCUT2D eigenvalue weighted by atomic mass is 10.2. The first-order chi connectivity index (χ1) is 13.1. The first-order valence-electron chi connectivity index (χ1n) is 7.97. The van der Waals surface area contributed by atoms with Crippen molar-refractivity contribution >= 4 is 34.6 Å². The summed E-state index contributed by atoms with van der Waals surface area (Å²) in [5.74, 6) is 0.274. The maximum atomic E-state index is 12.3. The minimum Gasteiger partial charge on any atom is -0.495 e. The Balaban J connectivity index is 1.72. The highest BCUT2D eigenvalue weighted by Gasteiger charge is 2.09. The summed E-state index contributed by atoms with van der Waals surface area (Å²) in [4.78, 5) is 16.5. The van der Waals surface area contributed by atoms with Crippen LogP contribution in [-0.2, 0) is 0 Å². The van der Waals surface area contributed by atoms with Crippen LogP contribution in [0.5, 0.6) is 5.75 Å². The predicted molar refractivity (Wildman–Crippen MR) is 105 cm³/mol. The van der Waals surface area contributed by atoms with Gasteiger partial charge in [0, 0.05) is 10.7 Å². The number of anilines is 3. The van der Waals surface area contributed by atoms with Crippen molar-refractivity contribution in [2.24, 2.45) is 0 Å². The van der Waals surface area contributed by atoms with E-state index >= 15 is 0 Å². The van der Waals surface area contributed by atoms with Gasteiger partial charge in [0.2, 0.25) is 0 Å². The second-order valence-corrected chi connectivity index (χ2v) is 5.98. The zero-order chi connectivity index (χ0) is 19.2. The summed E-state index contributed by atoms with van der Waals surface area (Å²) in [6.45, 7) is 0. The smallest absolute Gasteiger partial charge is 0.274 e. The molecular weight excluding hydrogens is 364 g/mol. The predicted octanol–water partition coefficient (Wildman–Crippen LogP) is 4.61. The summed E-state index contributed by atoms with van der Waals surface area (Å²) in [7, 11) is 1.57. The van der Waals surface area contributed by atoms with E-state index in [-0.39, 0.29) is 11.6 Å². The molecule has 2 N–H and O–H groups in total. The molecule has 3 rings (SSSR count). The Kier molecular flexibility index (Phi) is 5.55. The zero-order valence-electron chi connectivity index (χ0n) is 14.4. The Morgan fingerprint density at radius 3 is 2.70 bits per heavy atom. The molecule has 0 unspecified atom stereocenters. The number of aromatic nitrogens is 1. The van der Waals surface area contributed by atoms with Crippen molar-refractivity contribution in [3.8, 4) is 11.8 Å². The number of amides is 1. The zero-order valence-corrected chi connectivity index (χ0v) is 15.1. The Hall–Kier alpha value is -3.56. The van der Waals surface area contributed by atoms with Crippen LogP contribution in [-0.4, -0.2) is 18.0 Å². The normalized spacial score (nSPS) is 9.96. The minimum absolute atomic E-state index is 0.251. The molecule has 1 heterocycles. The highest BCUT2D eigenvalue weighted by atomic mass is 35.5. The van der Waals surface area contributed by atoms with Crippen LogP contribution in [0, 0.1) is 11.3 Å². The molecule has 2 aromatic carbocycles. The van der Waals surface area contributed by atoms with E-state index in [4.69, 9.17) is 21.6 Å². The summed E-state index contributed by atoms with van der Waals surface area (Å²) >= 11 is 6.02. The lowest BCUT2D eigenvalue weighted by molar-refractivity contribution is 0.102. The van der Waals surface area contributed by atoms with E-state index < -0.39 is 0 Å². The number of carbonyl (C=O) groups is 1. The topological polar surface area (TPSA) is 87.0 Å². The van der Waals surface area contributed by atoms with E-state index in [1.807, 2.05) is 6.07 Å². The monoisotopic (exact) mass is 378 g/mol. The minimum atomic E-state index is -0.364. The number of hydrogen-bond donors (Lipinski definition) is 2. The lowest BCUT2D eigenvalue weighted by Crippen LogP contribution is -2.13. The Morgan fingerprint density at radius 2 is 2.00 bits per heavy atom. The lowest BCUT2D eigenvalue weighted by Gasteiger charge is -2.11. The molecule has 0 spiro atoms. The number of nitriles is 1. The van der Waals surface area contributed by atoms with Gasteiger partial charge in [-0.2, -0.15) is 5.26 Å². The number of methoxy groups -OCH3 is 1. The van der Waals surface area contributed by atoms with Crippen LogP contribution in [0.4, 0.5) is 17.1 Å². The van der Waals surface area contributed by atoms with Gasteiger partial charge in [0.15, 0.2) is 0 Å². The van der Waals surface area contributed by atoms with Crippen LogP contribution in [0.2, 0.25) is 5.02 Å². The molecule has 0 aliphatic rings. The molecule has 1 aromatic heterocycles. The third kappa shape index (κ3) is 4.54. The van der Waals surface area contributed by atoms with E-state index in [9.17, 15) is 4.79 Å². The fourth-order valence-electron chi connectivity index (χ4n) is 2.40. The number of rotatable bonds is 5. The third-order valence-electron chi connectivity index (χ3n) is 3.69. The average molecular weight is 379 g/mol. The quantitative estimate of drug-likeness (QED) is 0.676. The highest BCUT2D eigenvalue weighted by molar-refractivity contribution is 6.31. The van der Waals surface area contributed by atoms with E-state index in [0.717, 1.165) is 0 Å². The van der Waals surface area contributed by atoms with Crippen LogP contribution >= 0.6 is 11.6 Å². The standard InChI is InChI=1S/C20H15ClN4O2/c1-27-19-8-5-14(21)10-18(19)24-16-6-7-17(23-12-16)20(26)25-15-4-2-3-13(9-15)11-22/h2-10,12,24H,1H3,(H,25,26). The van der Waals surface area contributed by atoms with Crippen molar-refractivity contribution < 1.29 is 9.53 Å². The Morgan fingerprint density at radius 1 is 1.15 bits per heavy atom. The van der Waals surface area contributed by atoms with Gasteiger partial charge in [-0.05, 0) is 48.5 Å². The molecule has 6 nitrogen and oxygen atoms in total. The number of pyridine rings is 1. The van der Waals surface area contributed by atoms with Crippen molar-refractivity contribution in [2.75, 3.05) is 17.7 Å². The first-order valence-corrected chi connectivity index (χ1v) is 8.35. The average Bonchev–Trinajstić information content (AvgIpc) is 2.69. The molecule has 0 aliphatic carbocycles. The van der Waals surface area contributed by atoms with E-state index in [2.05, 4.69) is 15.6 Å².